The predicted molar refractivity (Wildman–Crippen MR) is 145 cm³/mol. The largest absolute Gasteiger partial charge is 0.338 e. The monoisotopic (exact) mass is 525 g/mol. The van der Waals surface area contributed by atoms with E-state index in [9.17, 15) is 13.2 Å². The Balaban J connectivity index is 1.29. The highest BCUT2D eigenvalue weighted by Gasteiger charge is 2.26. The molecule has 1 aliphatic rings. The van der Waals surface area contributed by atoms with Crippen molar-refractivity contribution in [3.63, 3.8) is 0 Å². The summed E-state index contributed by atoms with van der Waals surface area (Å²) in [5.74, 6) is 0.961. The number of benzene rings is 2. The first-order valence-electron chi connectivity index (χ1n) is 12.4. The number of nitrogens with one attached hydrogen (secondary N) is 1. The van der Waals surface area contributed by atoms with Crippen molar-refractivity contribution in [1.29, 1.82) is 0 Å². The minimum absolute atomic E-state index is 0.0578. The van der Waals surface area contributed by atoms with Crippen LogP contribution in [-0.2, 0) is 26.8 Å². The summed E-state index contributed by atoms with van der Waals surface area (Å²) in [5, 5.41) is 7.09. The minimum Gasteiger partial charge on any atom is -0.338 e. The topological polar surface area (TPSA) is 109 Å². The smallest absolute Gasteiger partial charge is 0.241 e. The van der Waals surface area contributed by atoms with E-state index in [1.165, 1.54) is 16.9 Å². The van der Waals surface area contributed by atoms with Gasteiger partial charge in [-0.1, -0.05) is 56.3 Å². The molecule has 3 aromatic rings. The molecule has 0 atom stereocenters. The van der Waals surface area contributed by atoms with Gasteiger partial charge in [0, 0.05) is 24.2 Å². The fraction of sp³-hybridized carbons (Fsp3) is 0.444. The summed E-state index contributed by atoms with van der Waals surface area (Å²) in [6.45, 7) is 8.57. The van der Waals surface area contributed by atoms with Crippen LogP contribution in [0.15, 0.2) is 53.1 Å². The number of sulfonamides is 1. The van der Waals surface area contributed by atoms with Gasteiger partial charge in [0.15, 0.2) is 0 Å². The lowest BCUT2D eigenvalue weighted by molar-refractivity contribution is -0.121. The Labute approximate surface area is 218 Å². The van der Waals surface area contributed by atoms with E-state index in [4.69, 9.17) is 4.52 Å². The minimum atomic E-state index is -3.38. The summed E-state index contributed by atoms with van der Waals surface area (Å²) in [5.41, 5.74) is 3.34. The van der Waals surface area contributed by atoms with Crippen molar-refractivity contribution in [2.45, 2.75) is 45.6 Å². The SMILES string of the molecule is CN(c1cccc(NC(=O)C2CCN(Cc3nc(-c4ccc(C(C)(C)C)cc4)no3)CC2)c1)S(C)(=O)=O. The number of carbonyl (C=O) groups excluding carboxylic acids is 1. The summed E-state index contributed by atoms with van der Waals surface area (Å²) in [6, 6.07) is 15.1. The van der Waals surface area contributed by atoms with Gasteiger partial charge in [-0.15, -0.1) is 0 Å². The molecule has 0 saturated carbocycles. The van der Waals surface area contributed by atoms with Gasteiger partial charge in [0.1, 0.15) is 0 Å². The maximum atomic E-state index is 12.9. The Morgan fingerprint density at radius 1 is 1.14 bits per heavy atom. The standard InChI is InChI=1S/C27H35N5O4S/c1-27(2,3)21-11-9-19(10-12-21)25-29-24(36-30-25)18-32-15-13-20(14-16-32)26(33)28-22-7-6-8-23(17-22)31(4)37(5,34)35/h6-12,17,20H,13-16,18H2,1-5H3,(H,28,33). The van der Waals surface area contributed by atoms with Crippen LogP contribution >= 0.6 is 0 Å². The average Bonchev–Trinajstić information content (AvgIpc) is 3.31. The Bertz CT molecular complexity index is 1340. The zero-order valence-electron chi connectivity index (χ0n) is 22.1. The van der Waals surface area contributed by atoms with E-state index < -0.39 is 10.0 Å². The molecule has 1 amide bonds. The molecule has 1 aromatic heterocycles. The molecule has 1 N–H and O–H groups in total. The predicted octanol–water partition coefficient (Wildman–Crippen LogP) is 4.28. The van der Waals surface area contributed by atoms with Gasteiger partial charge in [-0.2, -0.15) is 4.98 Å². The molecule has 10 heteroatoms. The molecule has 198 valence electrons. The van der Waals surface area contributed by atoms with Crippen molar-refractivity contribution in [3.05, 3.63) is 60.0 Å². The molecule has 2 aromatic carbocycles. The van der Waals surface area contributed by atoms with Crippen LogP contribution in [0.5, 0.6) is 0 Å². The van der Waals surface area contributed by atoms with Crippen LogP contribution in [0.3, 0.4) is 0 Å². The Hall–Kier alpha value is -3.24. The van der Waals surface area contributed by atoms with Crippen LogP contribution < -0.4 is 9.62 Å². The molecule has 0 aliphatic carbocycles. The van der Waals surface area contributed by atoms with Crippen LogP contribution in [0.4, 0.5) is 11.4 Å². The summed E-state index contributed by atoms with van der Waals surface area (Å²) in [7, 11) is -1.89. The highest BCUT2D eigenvalue weighted by molar-refractivity contribution is 7.92. The van der Waals surface area contributed by atoms with E-state index in [0.717, 1.165) is 24.9 Å². The zero-order chi connectivity index (χ0) is 26.8. The van der Waals surface area contributed by atoms with Crippen LogP contribution in [0.2, 0.25) is 0 Å². The first kappa shape index (κ1) is 26.8. The third kappa shape index (κ3) is 6.75. The molecular formula is C27H35N5O4S. The van der Waals surface area contributed by atoms with Crippen molar-refractivity contribution in [2.75, 3.05) is 36.0 Å². The molecule has 4 rings (SSSR count). The summed E-state index contributed by atoms with van der Waals surface area (Å²) >= 11 is 0. The first-order valence-corrected chi connectivity index (χ1v) is 14.3. The summed E-state index contributed by atoms with van der Waals surface area (Å²) in [6.07, 6.45) is 2.57. The van der Waals surface area contributed by atoms with Crippen LogP contribution in [0.1, 0.15) is 45.1 Å². The number of rotatable bonds is 7. The lowest BCUT2D eigenvalue weighted by Gasteiger charge is -2.30. The van der Waals surface area contributed by atoms with Gasteiger partial charge < -0.3 is 9.84 Å². The number of amides is 1. The number of likely N-dealkylation sites (tertiary alicyclic amines) is 1. The molecule has 0 unspecified atom stereocenters. The number of anilines is 2. The number of carbonyl (C=O) groups is 1. The van der Waals surface area contributed by atoms with Gasteiger partial charge in [0.2, 0.25) is 27.6 Å². The van der Waals surface area contributed by atoms with E-state index in [1.807, 2.05) is 12.1 Å². The molecule has 0 bridgehead atoms. The van der Waals surface area contributed by atoms with Gasteiger partial charge in [0.25, 0.3) is 0 Å². The fourth-order valence-electron chi connectivity index (χ4n) is 4.32. The van der Waals surface area contributed by atoms with Crippen molar-refractivity contribution < 1.29 is 17.7 Å². The Kier molecular flexibility index (Phi) is 7.70. The summed E-state index contributed by atoms with van der Waals surface area (Å²) in [4.78, 5) is 19.6. The second kappa shape index (κ2) is 10.6. The lowest BCUT2D eigenvalue weighted by Crippen LogP contribution is -2.37. The molecule has 1 fully saturated rings. The fourth-order valence-corrected chi connectivity index (χ4v) is 4.81. The molecule has 1 saturated heterocycles. The lowest BCUT2D eigenvalue weighted by atomic mass is 9.87. The maximum absolute atomic E-state index is 12.9. The number of nitrogens with zero attached hydrogens (tertiary/aromatic N) is 4. The molecule has 2 heterocycles. The maximum Gasteiger partial charge on any atom is 0.241 e. The quantitative estimate of drug-likeness (QED) is 0.490. The average molecular weight is 526 g/mol. The van der Waals surface area contributed by atoms with Crippen molar-refractivity contribution in [2.24, 2.45) is 5.92 Å². The van der Waals surface area contributed by atoms with Gasteiger partial charge in [-0.25, -0.2) is 8.42 Å². The van der Waals surface area contributed by atoms with Crippen molar-refractivity contribution in [3.8, 4) is 11.4 Å². The normalized spacial score (nSPS) is 15.5. The second-order valence-corrected chi connectivity index (χ2v) is 12.7. The molecule has 9 nitrogen and oxygen atoms in total. The molecule has 0 radical (unpaired) electrons. The third-order valence-corrected chi connectivity index (χ3v) is 7.97. The molecule has 37 heavy (non-hydrogen) atoms. The number of piperidine rings is 1. The number of aromatic nitrogens is 2. The van der Waals surface area contributed by atoms with Gasteiger partial charge >= 0.3 is 0 Å². The first-order chi connectivity index (χ1) is 17.4. The highest BCUT2D eigenvalue weighted by atomic mass is 32.2. The van der Waals surface area contributed by atoms with E-state index in [0.29, 0.717) is 42.5 Å². The zero-order valence-corrected chi connectivity index (χ0v) is 22.9. The van der Waals surface area contributed by atoms with Gasteiger partial charge in [0.05, 0.1) is 18.5 Å². The Morgan fingerprint density at radius 3 is 2.43 bits per heavy atom. The van der Waals surface area contributed by atoms with Crippen LogP contribution in [0, 0.1) is 5.92 Å². The van der Waals surface area contributed by atoms with E-state index >= 15 is 0 Å². The molecular weight excluding hydrogens is 490 g/mol. The Morgan fingerprint density at radius 2 is 1.81 bits per heavy atom. The van der Waals surface area contributed by atoms with E-state index in [2.05, 4.69) is 53.3 Å². The summed E-state index contributed by atoms with van der Waals surface area (Å²) < 4.78 is 30.3. The van der Waals surface area contributed by atoms with Gasteiger partial charge in [-0.3, -0.25) is 14.0 Å². The highest BCUT2D eigenvalue weighted by Crippen LogP contribution is 2.26. The van der Waals surface area contributed by atoms with Crippen molar-refractivity contribution in [1.82, 2.24) is 15.0 Å². The van der Waals surface area contributed by atoms with Crippen LogP contribution in [0.25, 0.3) is 11.4 Å². The molecule has 1 aliphatic heterocycles. The van der Waals surface area contributed by atoms with E-state index in [-0.39, 0.29) is 17.2 Å². The molecule has 0 spiro atoms. The van der Waals surface area contributed by atoms with E-state index in [1.54, 1.807) is 24.3 Å². The van der Waals surface area contributed by atoms with Crippen LogP contribution in [-0.4, -0.2) is 55.8 Å². The number of hydrogen-bond donors (Lipinski definition) is 1. The van der Waals surface area contributed by atoms with Gasteiger partial charge in [-0.05, 0) is 55.1 Å². The van der Waals surface area contributed by atoms with Crippen molar-refractivity contribution >= 4 is 27.3 Å². The third-order valence-electron chi connectivity index (χ3n) is 6.77. The second-order valence-electron chi connectivity index (χ2n) is 10.7. The number of hydrogen-bond acceptors (Lipinski definition) is 7.